The van der Waals surface area contributed by atoms with Crippen LogP contribution in [0.1, 0.15) is 30.0 Å². The summed E-state index contributed by atoms with van der Waals surface area (Å²) in [4.78, 5) is 14.2. The summed E-state index contributed by atoms with van der Waals surface area (Å²) in [6.07, 6.45) is 5.82. The van der Waals surface area contributed by atoms with Crippen LogP contribution in [0, 0.1) is 5.41 Å². The molecule has 3 heterocycles. The van der Waals surface area contributed by atoms with Gasteiger partial charge in [-0.15, -0.1) is 0 Å². The maximum Gasteiger partial charge on any atom is 0.410 e. The average molecular weight is 340 g/mol. The van der Waals surface area contributed by atoms with Crippen LogP contribution < -0.4 is 5.32 Å². The molecule has 0 aliphatic carbocycles. The molecule has 4 rings (SSSR count). The minimum atomic E-state index is -0.205. The van der Waals surface area contributed by atoms with E-state index in [1.807, 2.05) is 53.2 Å². The molecule has 0 radical (unpaired) electrons. The van der Waals surface area contributed by atoms with Crippen molar-refractivity contribution in [2.75, 3.05) is 19.6 Å². The number of aromatic nitrogens is 2. The number of hydrogen-bond acceptors (Lipinski definition) is 4. The molecule has 0 saturated carbocycles. The Morgan fingerprint density at radius 1 is 1.32 bits per heavy atom. The summed E-state index contributed by atoms with van der Waals surface area (Å²) < 4.78 is 7.31. The van der Waals surface area contributed by atoms with Crippen molar-refractivity contribution in [3.63, 3.8) is 0 Å². The quantitative estimate of drug-likeness (QED) is 0.933. The molecule has 6 nitrogen and oxygen atoms in total. The lowest BCUT2D eigenvalue weighted by Crippen LogP contribution is -2.60. The lowest BCUT2D eigenvalue weighted by Gasteiger charge is -2.54. The van der Waals surface area contributed by atoms with E-state index < -0.39 is 0 Å². The fourth-order valence-electron chi connectivity index (χ4n) is 3.96. The second-order valence-electron chi connectivity index (χ2n) is 7.15. The smallest absolute Gasteiger partial charge is 0.410 e. The van der Waals surface area contributed by atoms with Crippen LogP contribution in [-0.4, -0.2) is 40.4 Å². The Kier molecular flexibility index (Phi) is 4.21. The summed E-state index contributed by atoms with van der Waals surface area (Å²) in [6.45, 7) is 2.86. The van der Waals surface area contributed by atoms with Crippen LogP contribution in [0.25, 0.3) is 0 Å². The van der Waals surface area contributed by atoms with Gasteiger partial charge in [-0.05, 0) is 18.4 Å². The van der Waals surface area contributed by atoms with Crippen molar-refractivity contribution >= 4 is 6.09 Å². The Morgan fingerprint density at radius 3 is 2.68 bits per heavy atom. The van der Waals surface area contributed by atoms with Crippen molar-refractivity contribution in [3.8, 4) is 0 Å². The van der Waals surface area contributed by atoms with Crippen molar-refractivity contribution in [3.05, 3.63) is 53.9 Å². The highest BCUT2D eigenvalue weighted by atomic mass is 16.6. The van der Waals surface area contributed by atoms with Crippen LogP contribution in [0.3, 0.4) is 0 Å². The molecule has 6 heteroatoms. The fraction of sp³-hybridized carbons (Fsp3) is 0.474. The van der Waals surface area contributed by atoms with E-state index in [1.54, 1.807) is 0 Å². The average Bonchev–Trinajstić information content (AvgIpc) is 3.05. The second-order valence-corrected chi connectivity index (χ2v) is 7.15. The predicted molar refractivity (Wildman–Crippen MR) is 93.8 cm³/mol. The number of carbonyl (C=O) groups is 1. The molecule has 2 saturated heterocycles. The highest BCUT2D eigenvalue weighted by Crippen LogP contribution is 2.48. The molecule has 25 heavy (non-hydrogen) atoms. The summed E-state index contributed by atoms with van der Waals surface area (Å²) in [7, 11) is 1.94. The number of amides is 1. The maximum atomic E-state index is 12.3. The highest BCUT2D eigenvalue weighted by Gasteiger charge is 2.49. The van der Waals surface area contributed by atoms with Gasteiger partial charge in [0.05, 0.1) is 6.20 Å². The van der Waals surface area contributed by atoms with E-state index in [-0.39, 0.29) is 11.5 Å². The summed E-state index contributed by atoms with van der Waals surface area (Å²) in [5, 5.41) is 7.82. The molecular weight excluding hydrogens is 316 g/mol. The van der Waals surface area contributed by atoms with Crippen LogP contribution >= 0.6 is 0 Å². The molecule has 0 bridgehead atoms. The Balaban J connectivity index is 1.31. The summed E-state index contributed by atoms with van der Waals surface area (Å²) in [5.74, 6) is 0. The van der Waals surface area contributed by atoms with E-state index in [9.17, 15) is 4.79 Å². The number of likely N-dealkylation sites (tertiary alicyclic amines) is 1. The summed E-state index contributed by atoms with van der Waals surface area (Å²) in [5.41, 5.74) is 2.51. The summed E-state index contributed by atoms with van der Waals surface area (Å²) in [6, 6.07) is 10.2. The number of aryl methyl sites for hydroxylation is 1. The Morgan fingerprint density at radius 2 is 2.08 bits per heavy atom. The molecule has 1 atom stereocenters. The Labute approximate surface area is 147 Å². The number of hydrogen-bond donors (Lipinski definition) is 1. The van der Waals surface area contributed by atoms with Gasteiger partial charge in [0.2, 0.25) is 0 Å². The van der Waals surface area contributed by atoms with E-state index >= 15 is 0 Å². The van der Waals surface area contributed by atoms with Crippen LogP contribution in [0.15, 0.2) is 42.7 Å². The maximum absolute atomic E-state index is 12.3. The van der Waals surface area contributed by atoms with E-state index in [0.717, 1.165) is 38.0 Å². The number of piperidine rings is 1. The fourth-order valence-corrected chi connectivity index (χ4v) is 3.96. The lowest BCUT2D eigenvalue weighted by molar-refractivity contribution is 0.0000581. The van der Waals surface area contributed by atoms with Gasteiger partial charge in [0.25, 0.3) is 0 Å². The molecule has 132 valence electrons. The van der Waals surface area contributed by atoms with Gasteiger partial charge in [-0.2, -0.15) is 5.10 Å². The highest BCUT2D eigenvalue weighted by molar-refractivity contribution is 5.67. The molecule has 2 aromatic rings. The van der Waals surface area contributed by atoms with Crippen molar-refractivity contribution in [2.45, 2.75) is 25.5 Å². The molecule has 1 spiro atoms. The third-order valence-electron chi connectivity index (χ3n) is 5.55. The van der Waals surface area contributed by atoms with E-state index in [1.165, 1.54) is 5.56 Å². The topological polar surface area (TPSA) is 59.4 Å². The van der Waals surface area contributed by atoms with Crippen molar-refractivity contribution < 1.29 is 9.53 Å². The minimum absolute atomic E-state index is 0.205. The molecule has 1 aromatic heterocycles. The number of ether oxygens (including phenoxy) is 1. The number of benzene rings is 1. The molecule has 2 aliphatic heterocycles. The zero-order chi connectivity index (χ0) is 17.3. The van der Waals surface area contributed by atoms with Gasteiger partial charge < -0.3 is 15.0 Å². The standard InChI is InChI=1S/C19H24N4O2/c1-22-12-16(11-21-22)17-19(14-20-17)7-9-23(10-8-19)18(24)25-13-15-5-3-2-4-6-15/h2-6,11-12,17,20H,7-10,13-14H2,1H3. The summed E-state index contributed by atoms with van der Waals surface area (Å²) >= 11 is 0. The van der Waals surface area contributed by atoms with Crippen LogP contribution in [0.4, 0.5) is 4.79 Å². The van der Waals surface area contributed by atoms with E-state index in [4.69, 9.17) is 4.74 Å². The van der Waals surface area contributed by atoms with Gasteiger partial charge in [0.1, 0.15) is 6.61 Å². The lowest BCUT2D eigenvalue weighted by atomic mass is 9.65. The molecule has 1 amide bonds. The first-order valence-corrected chi connectivity index (χ1v) is 8.84. The Hall–Kier alpha value is -2.34. The van der Waals surface area contributed by atoms with Crippen molar-refractivity contribution in [1.82, 2.24) is 20.0 Å². The number of rotatable bonds is 3. The molecular formula is C19H24N4O2. The SMILES string of the molecule is Cn1cc(C2NCC23CCN(C(=O)OCc2ccccc2)CC3)cn1. The molecule has 1 N–H and O–H groups in total. The predicted octanol–water partition coefficient (Wildman–Crippen LogP) is 2.48. The molecule has 1 unspecified atom stereocenters. The number of nitrogens with one attached hydrogen (secondary N) is 1. The van der Waals surface area contributed by atoms with Crippen molar-refractivity contribution in [1.29, 1.82) is 0 Å². The van der Waals surface area contributed by atoms with Crippen molar-refractivity contribution in [2.24, 2.45) is 12.5 Å². The van der Waals surface area contributed by atoms with Gasteiger partial charge in [0.15, 0.2) is 0 Å². The minimum Gasteiger partial charge on any atom is -0.445 e. The van der Waals surface area contributed by atoms with Crippen LogP contribution in [0.2, 0.25) is 0 Å². The van der Waals surface area contributed by atoms with E-state index in [0.29, 0.717) is 12.6 Å². The first-order valence-electron chi connectivity index (χ1n) is 8.84. The number of carbonyl (C=O) groups excluding carboxylic acids is 1. The Bertz CT molecular complexity index is 735. The number of nitrogens with zero attached hydrogens (tertiary/aromatic N) is 3. The monoisotopic (exact) mass is 340 g/mol. The first-order chi connectivity index (χ1) is 12.2. The van der Waals surface area contributed by atoms with Gasteiger partial charge in [-0.3, -0.25) is 4.68 Å². The first kappa shape index (κ1) is 16.1. The molecule has 2 aliphatic rings. The van der Waals surface area contributed by atoms with Crippen LogP contribution in [-0.2, 0) is 18.4 Å². The van der Waals surface area contributed by atoms with Gasteiger partial charge in [-0.1, -0.05) is 30.3 Å². The zero-order valence-corrected chi connectivity index (χ0v) is 14.5. The van der Waals surface area contributed by atoms with Gasteiger partial charge in [0, 0.05) is 49.9 Å². The van der Waals surface area contributed by atoms with Gasteiger partial charge in [-0.25, -0.2) is 4.79 Å². The zero-order valence-electron chi connectivity index (χ0n) is 14.5. The molecule has 1 aromatic carbocycles. The third kappa shape index (κ3) is 3.14. The van der Waals surface area contributed by atoms with Gasteiger partial charge >= 0.3 is 6.09 Å². The second kappa shape index (κ2) is 6.52. The third-order valence-corrected chi connectivity index (χ3v) is 5.55. The molecule has 2 fully saturated rings. The van der Waals surface area contributed by atoms with Crippen LogP contribution in [0.5, 0.6) is 0 Å². The van der Waals surface area contributed by atoms with E-state index in [2.05, 4.69) is 16.6 Å². The largest absolute Gasteiger partial charge is 0.445 e. The normalized spacial score (nSPS) is 21.8.